The number of nitrogens with zero attached hydrogens (tertiary/aromatic N) is 7. The van der Waals surface area contributed by atoms with Crippen molar-refractivity contribution in [3.05, 3.63) is 75.5 Å². The Bertz CT molecular complexity index is 1440. The summed E-state index contributed by atoms with van der Waals surface area (Å²) in [5, 5.41) is 4.21. The quantitative estimate of drug-likeness (QED) is 0.482. The number of aromatic nitrogens is 6. The maximum absolute atomic E-state index is 13.4. The smallest absolute Gasteiger partial charge is 0.280 e. The van der Waals surface area contributed by atoms with Crippen molar-refractivity contribution in [2.75, 3.05) is 11.4 Å². The van der Waals surface area contributed by atoms with Gasteiger partial charge in [-0.2, -0.15) is 4.98 Å². The first-order valence-electron chi connectivity index (χ1n) is 9.62. The first-order valence-corrected chi connectivity index (χ1v) is 9.99. The maximum atomic E-state index is 13.4. The van der Waals surface area contributed by atoms with E-state index in [1.165, 1.54) is 22.5 Å². The van der Waals surface area contributed by atoms with Crippen molar-refractivity contribution in [3.8, 4) is 0 Å². The average molecular weight is 440 g/mol. The Balaban J connectivity index is 1.20. The van der Waals surface area contributed by atoms with Crippen LogP contribution in [0.25, 0.3) is 11.2 Å². The Morgan fingerprint density at radius 1 is 1.29 bits per heavy atom. The molecular formula is C20H15ClFN7O2. The van der Waals surface area contributed by atoms with E-state index in [2.05, 4.69) is 20.1 Å². The van der Waals surface area contributed by atoms with Crippen LogP contribution >= 0.6 is 11.6 Å². The van der Waals surface area contributed by atoms with E-state index in [0.717, 1.165) is 12.2 Å². The second kappa shape index (κ2) is 6.48. The Labute approximate surface area is 179 Å². The highest BCUT2D eigenvalue weighted by molar-refractivity contribution is 6.31. The van der Waals surface area contributed by atoms with E-state index >= 15 is 0 Å². The minimum atomic E-state index is -0.434. The van der Waals surface area contributed by atoms with Crippen LogP contribution in [0.1, 0.15) is 17.6 Å². The zero-order valence-corrected chi connectivity index (χ0v) is 17.0. The number of fused-ring (bicyclic) bond motifs is 2. The van der Waals surface area contributed by atoms with Crippen LogP contribution in [0.2, 0.25) is 5.02 Å². The average Bonchev–Trinajstić information content (AvgIpc) is 3.18. The Kier molecular flexibility index (Phi) is 3.82. The summed E-state index contributed by atoms with van der Waals surface area (Å²) in [5.41, 5.74) is 2.65. The first-order chi connectivity index (χ1) is 15.0. The lowest BCUT2D eigenvalue weighted by Crippen LogP contribution is -2.22. The van der Waals surface area contributed by atoms with Crippen molar-refractivity contribution in [1.82, 2.24) is 29.2 Å². The van der Waals surface area contributed by atoms with Gasteiger partial charge in [0.25, 0.3) is 5.56 Å². The Hall–Kier alpha value is -3.53. The zero-order chi connectivity index (χ0) is 21.3. The molecule has 11 heteroatoms. The van der Waals surface area contributed by atoms with Crippen LogP contribution < -0.4 is 10.5 Å². The lowest BCUT2D eigenvalue weighted by molar-refractivity contribution is 0.364. The molecular weight excluding hydrogens is 425 g/mol. The summed E-state index contributed by atoms with van der Waals surface area (Å²) >= 11 is 5.89. The van der Waals surface area contributed by atoms with Gasteiger partial charge in [0.15, 0.2) is 17.0 Å². The highest BCUT2D eigenvalue weighted by Gasteiger charge is 2.52. The Morgan fingerprint density at radius 2 is 2.13 bits per heavy atom. The summed E-state index contributed by atoms with van der Waals surface area (Å²) in [6, 6.07) is 4.68. The third kappa shape index (κ3) is 2.86. The number of imidazole rings is 1. The number of rotatable bonds is 4. The molecule has 1 fully saturated rings. The number of anilines is 1. The van der Waals surface area contributed by atoms with Gasteiger partial charge in [-0.3, -0.25) is 9.36 Å². The lowest BCUT2D eigenvalue weighted by atomic mass is 10.2. The summed E-state index contributed by atoms with van der Waals surface area (Å²) in [4.78, 5) is 27.5. The predicted molar refractivity (Wildman–Crippen MR) is 109 cm³/mol. The molecule has 3 aromatic heterocycles. The van der Waals surface area contributed by atoms with E-state index in [0.29, 0.717) is 22.9 Å². The molecule has 1 aliphatic heterocycles. The molecule has 1 saturated carbocycles. The van der Waals surface area contributed by atoms with Crippen LogP contribution in [0.5, 0.6) is 0 Å². The number of halogens is 2. The predicted octanol–water partition coefficient (Wildman–Crippen LogP) is 2.47. The highest BCUT2D eigenvalue weighted by atomic mass is 35.5. The van der Waals surface area contributed by atoms with Gasteiger partial charge in [-0.1, -0.05) is 16.8 Å². The van der Waals surface area contributed by atoms with Crippen LogP contribution in [0.15, 0.2) is 51.9 Å². The van der Waals surface area contributed by atoms with E-state index in [1.54, 1.807) is 30.1 Å². The molecule has 31 heavy (non-hydrogen) atoms. The number of aryl methyl sites for hydroxylation is 1. The third-order valence-electron chi connectivity index (χ3n) is 5.78. The van der Waals surface area contributed by atoms with E-state index in [9.17, 15) is 9.18 Å². The van der Waals surface area contributed by atoms with Crippen molar-refractivity contribution >= 4 is 28.5 Å². The summed E-state index contributed by atoms with van der Waals surface area (Å²) < 4.78 is 21.8. The second-order valence-corrected chi connectivity index (χ2v) is 8.12. The van der Waals surface area contributed by atoms with Gasteiger partial charge in [0.05, 0.1) is 17.3 Å². The zero-order valence-electron chi connectivity index (χ0n) is 16.2. The summed E-state index contributed by atoms with van der Waals surface area (Å²) in [6.45, 7) is 0.878. The monoisotopic (exact) mass is 439 g/mol. The standard InChI is InChI=1S/C20H15ClFN7O2/c1-27-8-23-19-17(27)20(30)29(9-24-19)7-15-25-18(26-31-15)16-11-5-28(6-12(11)16)10-2-3-14(22)13(21)4-10/h2-5,8-9,12,16H,6-7H2,1H3/t12-,16-/m0/s1. The minimum absolute atomic E-state index is 0.0964. The fraction of sp³-hybridized carbons (Fsp3) is 0.250. The SMILES string of the molecule is Cn1cnc2ncn(Cc3nc([C@H]4C5=CN(c6ccc(F)c(Cl)c6)C[C@@H]54)no3)c(=O)c21. The lowest BCUT2D eigenvalue weighted by Gasteiger charge is -2.18. The van der Waals surface area contributed by atoms with Gasteiger partial charge < -0.3 is 14.0 Å². The summed E-state index contributed by atoms with van der Waals surface area (Å²) in [7, 11) is 1.75. The molecule has 0 bridgehead atoms. The molecule has 0 amide bonds. The maximum Gasteiger partial charge on any atom is 0.280 e. The topological polar surface area (TPSA) is 94.9 Å². The van der Waals surface area contributed by atoms with Gasteiger partial charge in [-0.05, 0) is 23.8 Å². The molecule has 4 heterocycles. The van der Waals surface area contributed by atoms with Crippen molar-refractivity contribution in [2.45, 2.75) is 12.5 Å². The molecule has 6 rings (SSSR count). The van der Waals surface area contributed by atoms with Crippen molar-refractivity contribution in [3.63, 3.8) is 0 Å². The first kappa shape index (κ1) is 18.3. The molecule has 2 atom stereocenters. The summed E-state index contributed by atoms with van der Waals surface area (Å²) in [5.74, 6) is 0.888. The van der Waals surface area contributed by atoms with Gasteiger partial charge in [0, 0.05) is 31.4 Å². The van der Waals surface area contributed by atoms with Crippen LogP contribution in [0, 0.1) is 11.7 Å². The molecule has 4 aromatic rings. The molecule has 9 nitrogen and oxygen atoms in total. The largest absolute Gasteiger partial charge is 0.347 e. The molecule has 0 N–H and O–H groups in total. The van der Waals surface area contributed by atoms with Gasteiger partial charge in [-0.15, -0.1) is 0 Å². The second-order valence-electron chi connectivity index (χ2n) is 7.72. The summed E-state index contributed by atoms with van der Waals surface area (Å²) in [6.07, 6.45) is 5.01. The molecule has 0 saturated heterocycles. The van der Waals surface area contributed by atoms with Crippen molar-refractivity contribution < 1.29 is 8.91 Å². The van der Waals surface area contributed by atoms with E-state index in [4.69, 9.17) is 16.1 Å². The van der Waals surface area contributed by atoms with E-state index in [1.807, 2.05) is 11.1 Å². The van der Waals surface area contributed by atoms with Gasteiger partial charge in [0.1, 0.15) is 18.7 Å². The van der Waals surface area contributed by atoms with Gasteiger partial charge in [-0.25, -0.2) is 14.4 Å². The van der Waals surface area contributed by atoms with E-state index in [-0.39, 0.29) is 29.0 Å². The minimum Gasteiger partial charge on any atom is -0.347 e. The highest BCUT2D eigenvalue weighted by Crippen LogP contribution is 2.56. The van der Waals surface area contributed by atoms with Gasteiger partial charge in [0.2, 0.25) is 5.89 Å². The fourth-order valence-electron chi connectivity index (χ4n) is 4.13. The van der Waals surface area contributed by atoms with Crippen LogP contribution in [0.3, 0.4) is 0 Å². The van der Waals surface area contributed by atoms with Crippen LogP contribution in [-0.2, 0) is 13.6 Å². The van der Waals surface area contributed by atoms with E-state index < -0.39 is 5.82 Å². The number of hydrogen-bond donors (Lipinski definition) is 0. The molecule has 0 spiro atoms. The normalized spacial score (nSPS) is 19.7. The van der Waals surface area contributed by atoms with Crippen molar-refractivity contribution in [2.24, 2.45) is 13.0 Å². The van der Waals surface area contributed by atoms with Crippen molar-refractivity contribution in [1.29, 1.82) is 0 Å². The van der Waals surface area contributed by atoms with Crippen LogP contribution in [0.4, 0.5) is 10.1 Å². The molecule has 156 valence electrons. The molecule has 2 aliphatic rings. The molecule has 0 unspecified atom stereocenters. The van der Waals surface area contributed by atoms with Gasteiger partial charge >= 0.3 is 0 Å². The number of hydrogen-bond acceptors (Lipinski definition) is 7. The third-order valence-corrected chi connectivity index (χ3v) is 6.07. The molecule has 0 radical (unpaired) electrons. The molecule has 1 aliphatic carbocycles. The number of benzene rings is 1. The molecule has 1 aromatic carbocycles. The van der Waals surface area contributed by atoms with Crippen LogP contribution in [-0.4, -0.2) is 35.8 Å². The fourth-order valence-corrected chi connectivity index (χ4v) is 4.31. The Morgan fingerprint density at radius 3 is 2.90 bits per heavy atom.